The number of hydrogen-bond acceptors (Lipinski definition) is 3. The van der Waals surface area contributed by atoms with E-state index in [9.17, 15) is 0 Å². The van der Waals surface area contributed by atoms with Gasteiger partial charge in [-0.05, 0) is 25.2 Å². The quantitative estimate of drug-likeness (QED) is 0.344. The van der Waals surface area contributed by atoms with Gasteiger partial charge in [0.05, 0.1) is 0 Å². The van der Waals surface area contributed by atoms with Crippen LogP contribution >= 0.6 is 24.0 Å². The van der Waals surface area contributed by atoms with Gasteiger partial charge in [-0.25, -0.2) is 4.99 Å². The zero-order valence-corrected chi connectivity index (χ0v) is 16.9. The SMILES string of the molecule is C=CCNC(=NCc1nnc(C)n1C)N1CC(C)CC(C)C1.I. The number of likely N-dealkylation sites (tertiary alicyclic amines) is 1. The Morgan fingerprint density at radius 3 is 2.52 bits per heavy atom. The summed E-state index contributed by atoms with van der Waals surface area (Å²) in [6.07, 6.45) is 3.15. The maximum absolute atomic E-state index is 4.76. The van der Waals surface area contributed by atoms with Crippen molar-refractivity contribution in [3.05, 3.63) is 24.3 Å². The molecule has 6 nitrogen and oxygen atoms in total. The molecule has 2 unspecified atom stereocenters. The number of aromatic nitrogens is 3. The smallest absolute Gasteiger partial charge is 0.194 e. The first-order chi connectivity index (χ1) is 10.5. The lowest BCUT2D eigenvalue weighted by atomic mass is 9.92. The third kappa shape index (κ3) is 5.47. The molecule has 1 aliphatic rings. The van der Waals surface area contributed by atoms with Crippen LogP contribution in [-0.2, 0) is 13.6 Å². The average molecular weight is 432 g/mol. The number of nitrogens with one attached hydrogen (secondary N) is 1. The molecule has 1 saturated heterocycles. The summed E-state index contributed by atoms with van der Waals surface area (Å²) in [6.45, 7) is 13.7. The third-order valence-corrected chi connectivity index (χ3v) is 4.13. The maximum atomic E-state index is 4.76. The third-order valence-electron chi connectivity index (χ3n) is 4.13. The number of halogens is 1. The Labute approximate surface area is 156 Å². The molecule has 23 heavy (non-hydrogen) atoms. The van der Waals surface area contributed by atoms with Crippen molar-refractivity contribution in [3.63, 3.8) is 0 Å². The van der Waals surface area contributed by atoms with Gasteiger partial charge in [0, 0.05) is 26.7 Å². The molecule has 1 fully saturated rings. The largest absolute Gasteiger partial charge is 0.353 e. The Bertz CT molecular complexity index is 529. The van der Waals surface area contributed by atoms with E-state index in [2.05, 4.69) is 40.8 Å². The van der Waals surface area contributed by atoms with E-state index in [1.807, 2.05) is 24.6 Å². The summed E-state index contributed by atoms with van der Waals surface area (Å²) < 4.78 is 1.98. The molecule has 1 aromatic rings. The van der Waals surface area contributed by atoms with Crippen LogP contribution in [0.25, 0.3) is 0 Å². The maximum Gasteiger partial charge on any atom is 0.194 e. The van der Waals surface area contributed by atoms with Crippen LogP contribution in [0, 0.1) is 18.8 Å². The molecule has 0 aromatic carbocycles. The standard InChI is InChI=1S/C16H28N6.HI/c1-6-7-17-16(22-10-12(2)8-13(3)11-22)18-9-15-20-19-14(4)21(15)5;/h6,12-13H,1,7-11H2,2-5H3,(H,17,18);1H. The Kier molecular flexibility index (Phi) is 8.01. The lowest BCUT2D eigenvalue weighted by Gasteiger charge is -2.37. The van der Waals surface area contributed by atoms with Crippen LogP contribution in [0.4, 0.5) is 0 Å². The van der Waals surface area contributed by atoms with E-state index in [1.165, 1.54) is 6.42 Å². The molecule has 0 saturated carbocycles. The van der Waals surface area contributed by atoms with Crippen molar-refractivity contribution in [2.75, 3.05) is 19.6 Å². The summed E-state index contributed by atoms with van der Waals surface area (Å²) in [5, 5.41) is 11.6. The number of aliphatic imine (C=N–C) groups is 1. The highest BCUT2D eigenvalue weighted by Gasteiger charge is 2.24. The molecule has 1 aliphatic heterocycles. The summed E-state index contributed by atoms with van der Waals surface area (Å²) in [5.41, 5.74) is 0. The summed E-state index contributed by atoms with van der Waals surface area (Å²) >= 11 is 0. The minimum atomic E-state index is 0. The molecule has 1 aromatic heterocycles. The van der Waals surface area contributed by atoms with E-state index >= 15 is 0 Å². The summed E-state index contributed by atoms with van der Waals surface area (Å²) in [5.74, 6) is 4.12. The summed E-state index contributed by atoms with van der Waals surface area (Å²) in [7, 11) is 1.97. The molecule has 0 amide bonds. The number of aryl methyl sites for hydroxylation is 1. The number of guanidine groups is 1. The van der Waals surface area contributed by atoms with E-state index in [-0.39, 0.29) is 24.0 Å². The minimum absolute atomic E-state index is 0. The van der Waals surface area contributed by atoms with E-state index in [4.69, 9.17) is 4.99 Å². The molecular weight excluding hydrogens is 403 g/mol. The molecule has 2 heterocycles. The van der Waals surface area contributed by atoms with E-state index in [0.717, 1.165) is 37.2 Å². The van der Waals surface area contributed by atoms with Gasteiger partial charge in [0.15, 0.2) is 11.8 Å². The fraction of sp³-hybridized carbons (Fsp3) is 0.688. The number of rotatable bonds is 4. The second-order valence-corrected chi connectivity index (χ2v) is 6.38. The van der Waals surface area contributed by atoms with Gasteiger partial charge < -0.3 is 14.8 Å². The van der Waals surface area contributed by atoms with E-state index < -0.39 is 0 Å². The molecule has 0 spiro atoms. The van der Waals surface area contributed by atoms with Gasteiger partial charge >= 0.3 is 0 Å². The van der Waals surface area contributed by atoms with Crippen molar-refractivity contribution in [1.82, 2.24) is 25.0 Å². The van der Waals surface area contributed by atoms with Crippen molar-refractivity contribution in [2.45, 2.75) is 33.7 Å². The Hall–Kier alpha value is -1.12. The highest BCUT2D eigenvalue weighted by atomic mass is 127. The molecule has 7 heteroatoms. The van der Waals surface area contributed by atoms with Crippen LogP contribution < -0.4 is 5.32 Å². The van der Waals surface area contributed by atoms with Crippen LogP contribution in [0.3, 0.4) is 0 Å². The van der Waals surface area contributed by atoms with Gasteiger partial charge in [0.2, 0.25) is 0 Å². The van der Waals surface area contributed by atoms with Gasteiger partial charge in [0.25, 0.3) is 0 Å². The monoisotopic (exact) mass is 432 g/mol. The topological polar surface area (TPSA) is 58.3 Å². The second kappa shape index (κ2) is 9.24. The van der Waals surface area contributed by atoms with Crippen LogP contribution in [-0.4, -0.2) is 45.3 Å². The molecule has 0 aliphatic carbocycles. The van der Waals surface area contributed by atoms with Gasteiger partial charge in [-0.15, -0.1) is 40.8 Å². The second-order valence-electron chi connectivity index (χ2n) is 6.38. The number of piperidine rings is 1. The predicted octanol–water partition coefficient (Wildman–Crippen LogP) is 2.35. The predicted molar refractivity (Wildman–Crippen MR) is 105 cm³/mol. The van der Waals surface area contributed by atoms with Crippen molar-refractivity contribution < 1.29 is 0 Å². The lowest BCUT2D eigenvalue weighted by molar-refractivity contribution is 0.208. The average Bonchev–Trinajstić information content (AvgIpc) is 2.78. The highest BCUT2D eigenvalue weighted by Crippen LogP contribution is 2.21. The number of hydrogen-bond donors (Lipinski definition) is 1. The highest BCUT2D eigenvalue weighted by molar-refractivity contribution is 14.0. The molecule has 2 rings (SSSR count). The zero-order valence-electron chi connectivity index (χ0n) is 14.6. The van der Waals surface area contributed by atoms with Crippen LogP contribution in [0.1, 0.15) is 31.9 Å². The number of nitrogens with zero attached hydrogens (tertiary/aromatic N) is 5. The Morgan fingerprint density at radius 1 is 1.35 bits per heavy atom. The van der Waals surface area contributed by atoms with Crippen LogP contribution in [0.15, 0.2) is 17.6 Å². The van der Waals surface area contributed by atoms with E-state index in [0.29, 0.717) is 18.4 Å². The van der Waals surface area contributed by atoms with Crippen molar-refractivity contribution in [3.8, 4) is 0 Å². The van der Waals surface area contributed by atoms with Gasteiger partial charge in [-0.2, -0.15) is 0 Å². The fourth-order valence-electron chi connectivity index (χ4n) is 3.00. The molecule has 1 N–H and O–H groups in total. The van der Waals surface area contributed by atoms with Gasteiger partial charge in [-0.1, -0.05) is 19.9 Å². The zero-order chi connectivity index (χ0) is 16.1. The van der Waals surface area contributed by atoms with Crippen molar-refractivity contribution in [1.29, 1.82) is 0 Å². The fourth-order valence-corrected chi connectivity index (χ4v) is 3.00. The lowest BCUT2D eigenvalue weighted by Crippen LogP contribution is -2.48. The molecule has 0 bridgehead atoms. The molecule has 2 atom stereocenters. The van der Waals surface area contributed by atoms with E-state index in [1.54, 1.807) is 0 Å². The molecule has 0 radical (unpaired) electrons. The Balaban J connectivity index is 0.00000264. The van der Waals surface area contributed by atoms with Crippen molar-refractivity contribution in [2.24, 2.45) is 23.9 Å². The minimum Gasteiger partial charge on any atom is -0.353 e. The van der Waals surface area contributed by atoms with Crippen molar-refractivity contribution >= 4 is 29.9 Å². The molecule has 130 valence electrons. The van der Waals surface area contributed by atoms with Gasteiger partial charge in [-0.3, -0.25) is 0 Å². The summed E-state index contributed by atoms with van der Waals surface area (Å²) in [4.78, 5) is 7.11. The first kappa shape index (κ1) is 19.9. The molecular formula is C16H29IN6. The van der Waals surface area contributed by atoms with Gasteiger partial charge in [0.1, 0.15) is 12.4 Å². The van der Waals surface area contributed by atoms with Crippen LogP contribution in [0.5, 0.6) is 0 Å². The summed E-state index contributed by atoms with van der Waals surface area (Å²) in [6, 6.07) is 0. The Morgan fingerprint density at radius 2 is 2.00 bits per heavy atom. The van der Waals surface area contributed by atoms with Crippen LogP contribution in [0.2, 0.25) is 0 Å². The first-order valence-electron chi connectivity index (χ1n) is 8.00. The normalized spacial score (nSPS) is 21.7. The first-order valence-corrected chi connectivity index (χ1v) is 8.00.